The summed E-state index contributed by atoms with van der Waals surface area (Å²) in [6.07, 6.45) is -2.73. The van der Waals surface area contributed by atoms with Crippen LogP contribution in [0, 0.1) is 0 Å². The minimum absolute atomic E-state index is 0.0293. The highest BCUT2D eigenvalue weighted by Gasteiger charge is 2.32. The van der Waals surface area contributed by atoms with Gasteiger partial charge in [-0.2, -0.15) is 0 Å². The fourth-order valence-corrected chi connectivity index (χ4v) is 2.76. The first-order valence-corrected chi connectivity index (χ1v) is 10.7. The van der Waals surface area contributed by atoms with Crippen LogP contribution in [0.1, 0.15) is 38.5 Å². The molecule has 0 aliphatic heterocycles. The average molecular weight is 533 g/mol. The Morgan fingerprint density at radius 1 is 0.676 bits per heavy atom. The lowest BCUT2D eigenvalue weighted by molar-refractivity contribution is -0.148. The Morgan fingerprint density at radius 2 is 1.16 bits per heavy atom. The SMILES string of the molecule is NC(N)=NCCCC(NC(=O)C(N)CCC(=O)O)C(=O)NC(CC(=O)O)C(=O)NC(CC(=O)O)C(=O)O. The van der Waals surface area contributed by atoms with Crippen molar-refractivity contribution < 1.29 is 54.0 Å². The Balaban J connectivity index is 5.65. The van der Waals surface area contributed by atoms with Gasteiger partial charge in [-0.25, -0.2) is 4.79 Å². The predicted molar refractivity (Wildman–Crippen MR) is 123 cm³/mol. The quantitative estimate of drug-likeness (QED) is 0.0453. The molecule has 0 heterocycles. The minimum Gasteiger partial charge on any atom is -0.481 e. The predicted octanol–water partition coefficient (Wildman–Crippen LogP) is -4.28. The third kappa shape index (κ3) is 14.5. The zero-order valence-electron chi connectivity index (χ0n) is 19.6. The summed E-state index contributed by atoms with van der Waals surface area (Å²) in [5.74, 6) is -9.55. The van der Waals surface area contributed by atoms with Crippen molar-refractivity contribution in [1.29, 1.82) is 0 Å². The summed E-state index contributed by atoms with van der Waals surface area (Å²) >= 11 is 0. The molecule has 0 saturated carbocycles. The van der Waals surface area contributed by atoms with Crippen molar-refractivity contribution in [3.8, 4) is 0 Å². The number of amides is 3. The van der Waals surface area contributed by atoms with Crippen molar-refractivity contribution >= 4 is 47.6 Å². The van der Waals surface area contributed by atoms with Crippen LogP contribution >= 0.6 is 0 Å². The van der Waals surface area contributed by atoms with E-state index < -0.39 is 85.0 Å². The molecule has 18 heteroatoms. The van der Waals surface area contributed by atoms with E-state index in [4.69, 9.17) is 37.6 Å². The molecule has 0 rings (SSSR count). The van der Waals surface area contributed by atoms with E-state index >= 15 is 0 Å². The van der Waals surface area contributed by atoms with E-state index in [1.54, 1.807) is 0 Å². The second-order valence-electron chi connectivity index (χ2n) is 7.71. The standard InChI is InChI=1S/C19H31N7O11/c20-8(3-4-12(27)28)15(33)24-9(2-1-5-23-19(21)22)16(34)25-10(6-13(29)30)17(35)26-11(18(36)37)7-14(31)32/h8-11H,1-7,20H2,(H,24,33)(H,25,34)(H,26,35)(H,27,28)(H,29,30)(H,31,32)(H,36,37)(H4,21,22,23). The Hall–Kier alpha value is -4.48. The number of nitrogens with zero attached hydrogens (tertiary/aromatic N) is 1. The monoisotopic (exact) mass is 533 g/mol. The van der Waals surface area contributed by atoms with E-state index in [-0.39, 0.29) is 31.8 Å². The third-order valence-corrected chi connectivity index (χ3v) is 4.59. The van der Waals surface area contributed by atoms with Crippen molar-refractivity contribution in [2.75, 3.05) is 6.54 Å². The average Bonchev–Trinajstić information content (AvgIpc) is 2.77. The molecule has 4 unspecified atom stereocenters. The maximum Gasteiger partial charge on any atom is 0.326 e. The van der Waals surface area contributed by atoms with E-state index in [9.17, 15) is 33.6 Å². The molecule has 208 valence electrons. The lowest BCUT2D eigenvalue weighted by Gasteiger charge is -2.24. The number of carboxylic acids is 4. The summed E-state index contributed by atoms with van der Waals surface area (Å²) in [6.45, 7) is 0.0293. The molecule has 0 fully saturated rings. The van der Waals surface area contributed by atoms with Gasteiger partial charge < -0.3 is 53.6 Å². The van der Waals surface area contributed by atoms with Crippen LogP contribution in [0.3, 0.4) is 0 Å². The lowest BCUT2D eigenvalue weighted by atomic mass is 10.1. The molecule has 37 heavy (non-hydrogen) atoms. The van der Waals surface area contributed by atoms with Gasteiger partial charge in [0.25, 0.3) is 0 Å². The number of hydrogen-bond acceptors (Lipinski definition) is 9. The van der Waals surface area contributed by atoms with Crippen molar-refractivity contribution in [1.82, 2.24) is 16.0 Å². The normalized spacial score (nSPS) is 13.6. The number of nitrogens with one attached hydrogen (secondary N) is 3. The smallest absolute Gasteiger partial charge is 0.326 e. The molecule has 0 aliphatic carbocycles. The van der Waals surface area contributed by atoms with Crippen LogP contribution < -0.4 is 33.2 Å². The zero-order chi connectivity index (χ0) is 28.7. The van der Waals surface area contributed by atoms with Gasteiger partial charge in [-0.05, 0) is 19.3 Å². The summed E-state index contributed by atoms with van der Waals surface area (Å²) in [6, 6.07) is -6.48. The summed E-state index contributed by atoms with van der Waals surface area (Å²) in [7, 11) is 0. The second kappa shape index (κ2) is 16.2. The number of carboxylic acid groups (broad SMARTS) is 4. The Labute approximate surface area is 209 Å². The number of guanidine groups is 1. The van der Waals surface area contributed by atoms with Crippen LogP contribution in [0.5, 0.6) is 0 Å². The summed E-state index contributed by atoms with van der Waals surface area (Å²) in [5.41, 5.74) is 16.1. The van der Waals surface area contributed by atoms with Gasteiger partial charge in [-0.3, -0.25) is 33.8 Å². The summed E-state index contributed by atoms with van der Waals surface area (Å²) in [4.78, 5) is 85.4. The Morgan fingerprint density at radius 3 is 1.65 bits per heavy atom. The van der Waals surface area contributed by atoms with Gasteiger partial charge in [0.05, 0.1) is 18.9 Å². The van der Waals surface area contributed by atoms with Crippen LogP contribution in [-0.4, -0.2) is 98.7 Å². The molecule has 0 spiro atoms. The van der Waals surface area contributed by atoms with Crippen molar-refractivity contribution in [3.63, 3.8) is 0 Å². The second-order valence-corrected chi connectivity index (χ2v) is 7.71. The number of aliphatic imine (C=N–C) groups is 1. The molecule has 3 amide bonds. The lowest BCUT2D eigenvalue weighted by Crippen LogP contribution is -2.57. The number of aliphatic carboxylic acids is 4. The van der Waals surface area contributed by atoms with Crippen LogP contribution in [0.25, 0.3) is 0 Å². The van der Waals surface area contributed by atoms with Crippen LogP contribution in [0.4, 0.5) is 0 Å². The zero-order valence-corrected chi connectivity index (χ0v) is 19.6. The molecular weight excluding hydrogens is 502 g/mol. The summed E-state index contributed by atoms with van der Waals surface area (Å²) in [5, 5.41) is 41.9. The van der Waals surface area contributed by atoms with Gasteiger partial charge in [0, 0.05) is 13.0 Å². The first kappa shape index (κ1) is 32.5. The topological polar surface area (TPSA) is 327 Å². The molecular formula is C19H31N7O11. The number of hydrogen-bond donors (Lipinski definition) is 10. The van der Waals surface area contributed by atoms with Gasteiger partial charge in [-0.15, -0.1) is 0 Å². The molecule has 0 aliphatic rings. The highest BCUT2D eigenvalue weighted by atomic mass is 16.4. The largest absolute Gasteiger partial charge is 0.481 e. The fourth-order valence-electron chi connectivity index (χ4n) is 2.76. The highest BCUT2D eigenvalue weighted by Crippen LogP contribution is 2.05. The Bertz CT molecular complexity index is 905. The van der Waals surface area contributed by atoms with Crippen molar-refractivity contribution in [3.05, 3.63) is 0 Å². The third-order valence-electron chi connectivity index (χ3n) is 4.59. The van der Waals surface area contributed by atoms with Crippen LogP contribution in [-0.2, 0) is 33.6 Å². The minimum atomic E-state index is -1.92. The van der Waals surface area contributed by atoms with Gasteiger partial charge in [0.2, 0.25) is 17.7 Å². The van der Waals surface area contributed by atoms with E-state index in [2.05, 4.69) is 15.6 Å². The number of carbonyl (C=O) groups is 7. The molecule has 18 nitrogen and oxygen atoms in total. The molecule has 0 aromatic heterocycles. The molecule has 13 N–H and O–H groups in total. The molecule has 4 atom stereocenters. The number of nitrogens with two attached hydrogens (primary N) is 3. The Kier molecular flexibility index (Phi) is 14.3. The number of rotatable bonds is 18. The molecule has 0 bridgehead atoms. The molecule has 0 radical (unpaired) electrons. The fraction of sp³-hybridized carbons (Fsp3) is 0.579. The van der Waals surface area contributed by atoms with Gasteiger partial charge in [0.1, 0.15) is 18.1 Å². The van der Waals surface area contributed by atoms with Crippen molar-refractivity contribution in [2.45, 2.75) is 62.7 Å². The highest BCUT2D eigenvalue weighted by molar-refractivity contribution is 5.96. The molecule has 0 aromatic rings. The van der Waals surface area contributed by atoms with Crippen LogP contribution in [0.15, 0.2) is 4.99 Å². The van der Waals surface area contributed by atoms with E-state index in [0.29, 0.717) is 0 Å². The maximum atomic E-state index is 12.9. The van der Waals surface area contributed by atoms with E-state index in [0.717, 1.165) is 0 Å². The summed E-state index contributed by atoms with van der Waals surface area (Å²) < 4.78 is 0. The first-order valence-electron chi connectivity index (χ1n) is 10.7. The van der Waals surface area contributed by atoms with E-state index in [1.165, 1.54) is 0 Å². The van der Waals surface area contributed by atoms with Gasteiger partial charge in [-0.1, -0.05) is 0 Å². The van der Waals surface area contributed by atoms with E-state index in [1.807, 2.05) is 5.32 Å². The maximum absolute atomic E-state index is 12.9. The number of carbonyl (C=O) groups excluding carboxylic acids is 3. The van der Waals surface area contributed by atoms with Crippen LogP contribution in [0.2, 0.25) is 0 Å². The first-order chi connectivity index (χ1) is 17.1. The van der Waals surface area contributed by atoms with Gasteiger partial charge in [0.15, 0.2) is 5.96 Å². The molecule has 0 saturated heterocycles. The van der Waals surface area contributed by atoms with Crippen molar-refractivity contribution in [2.24, 2.45) is 22.2 Å². The molecule has 0 aromatic carbocycles. The van der Waals surface area contributed by atoms with Gasteiger partial charge >= 0.3 is 23.9 Å².